The van der Waals surface area contributed by atoms with E-state index in [1.807, 2.05) is 24.3 Å². The second-order valence-corrected chi connectivity index (χ2v) is 10.4. The first-order chi connectivity index (χ1) is 19.0. The Hall–Kier alpha value is -4.13. The van der Waals surface area contributed by atoms with E-state index in [0.29, 0.717) is 38.8 Å². The van der Waals surface area contributed by atoms with Crippen molar-refractivity contribution in [3.8, 4) is 0 Å². The molecule has 0 bridgehead atoms. The first-order valence-electron chi connectivity index (χ1n) is 13.5. The Morgan fingerprint density at radius 2 is 1.90 bits per heavy atom. The summed E-state index contributed by atoms with van der Waals surface area (Å²) in [6.07, 6.45) is 3.60. The molecule has 0 saturated carbocycles. The van der Waals surface area contributed by atoms with E-state index in [2.05, 4.69) is 20.6 Å². The fraction of sp³-hybridized carbons (Fsp3) is 0.519. The average Bonchev–Trinajstić information content (AvgIpc) is 3.56. The predicted octanol–water partition coefficient (Wildman–Crippen LogP) is -0.207. The molecule has 1 aliphatic rings. The molecule has 13 heteroatoms. The highest BCUT2D eigenvalue weighted by molar-refractivity contribution is 5.95. The molecule has 10 N–H and O–H groups in total. The summed E-state index contributed by atoms with van der Waals surface area (Å²) in [4.78, 5) is 60.0. The van der Waals surface area contributed by atoms with Crippen LogP contribution in [0.2, 0.25) is 0 Å². The highest BCUT2D eigenvalue weighted by atomic mass is 16.4. The third kappa shape index (κ3) is 7.72. The summed E-state index contributed by atoms with van der Waals surface area (Å²) in [5, 5.41) is 16.1. The number of H-pyrrole nitrogens is 1. The number of benzene rings is 1. The number of nitrogens with one attached hydrogen (secondary N) is 3. The minimum absolute atomic E-state index is 0.0414. The van der Waals surface area contributed by atoms with E-state index in [1.165, 1.54) is 4.90 Å². The molecule has 4 atom stereocenters. The van der Waals surface area contributed by atoms with Gasteiger partial charge in [-0.15, -0.1) is 0 Å². The lowest BCUT2D eigenvalue weighted by Gasteiger charge is -2.31. The van der Waals surface area contributed by atoms with Gasteiger partial charge in [0.25, 0.3) is 0 Å². The van der Waals surface area contributed by atoms with Crippen LogP contribution in [-0.2, 0) is 25.6 Å². The molecule has 0 spiro atoms. The molecular formula is C27H40N8O5. The van der Waals surface area contributed by atoms with Gasteiger partial charge in [0.15, 0.2) is 5.96 Å². The number of carbonyl (C=O) groups is 4. The number of fused-ring (bicyclic) bond motifs is 1. The number of carbonyl (C=O) groups excluding carboxylic acids is 3. The number of amides is 3. The van der Waals surface area contributed by atoms with Crippen LogP contribution in [0, 0.1) is 5.92 Å². The number of aromatic amines is 1. The molecule has 1 aromatic heterocycles. The van der Waals surface area contributed by atoms with Crippen molar-refractivity contribution in [2.75, 3.05) is 13.1 Å². The Morgan fingerprint density at radius 1 is 1.18 bits per heavy atom. The number of carboxylic acid groups (broad SMARTS) is 1. The summed E-state index contributed by atoms with van der Waals surface area (Å²) >= 11 is 0. The van der Waals surface area contributed by atoms with Crippen LogP contribution in [-0.4, -0.2) is 81.9 Å². The summed E-state index contributed by atoms with van der Waals surface area (Å²) < 4.78 is 0. The molecule has 2 aromatic rings. The second kappa shape index (κ2) is 13.8. The molecule has 1 aliphatic heterocycles. The van der Waals surface area contributed by atoms with Gasteiger partial charge in [-0.3, -0.25) is 19.4 Å². The van der Waals surface area contributed by atoms with Crippen molar-refractivity contribution in [1.29, 1.82) is 0 Å². The lowest BCUT2D eigenvalue weighted by atomic mass is 10.0. The number of aliphatic carboxylic acids is 1. The third-order valence-corrected chi connectivity index (χ3v) is 7.09. The lowest BCUT2D eigenvalue weighted by Crippen LogP contribution is -2.58. The van der Waals surface area contributed by atoms with Crippen molar-refractivity contribution >= 4 is 40.6 Å². The summed E-state index contributed by atoms with van der Waals surface area (Å²) in [6.45, 7) is 4.23. The number of likely N-dealkylation sites (tertiary alicyclic amines) is 1. The Labute approximate surface area is 232 Å². The number of rotatable bonds is 13. The van der Waals surface area contributed by atoms with Gasteiger partial charge in [0, 0.05) is 36.6 Å². The number of aromatic nitrogens is 1. The Bertz CT molecular complexity index is 1240. The minimum Gasteiger partial charge on any atom is -0.480 e. The highest BCUT2D eigenvalue weighted by Crippen LogP contribution is 2.22. The molecule has 1 fully saturated rings. The summed E-state index contributed by atoms with van der Waals surface area (Å²) in [5.41, 5.74) is 18.3. The molecular weight excluding hydrogens is 516 g/mol. The summed E-state index contributed by atoms with van der Waals surface area (Å²) in [7, 11) is 0. The van der Waals surface area contributed by atoms with E-state index in [1.54, 1.807) is 20.0 Å². The first kappa shape index (κ1) is 30.4. The van der Waals surface area contributed by atoms with Crippen molar-refractivity contribution < 1.29 is 24.3 Å². The van der Waals surface area contributed by atoms with Crippen LogP contribution >= 0.6 is 0 Å². The molecule has 1 aromatic carbocycles. The van der Waals surface area contributed by atoms with Crippen LogP contribution in [0.3, 0.4) is 0 Å². The van der Waals surface area contributed by atoms with Gasteiger partial charge in [-0.05, 0) is 43.2 Å². The maximum atomic E-state index is 13.5. The van der Waals surface area contributed by atoms with E-state index in [-0.39, 0.29) is 18.3 Å². The zero-order valence-electron chi connectivity index (χ0n) is 22.9. The SMILES string of the molecule is CC(C)C(NC(=O)C(N)CCCN=C(N)N)C(=O)N1CCCC1C(=O)NC(Cc1c[nH]c2ccccc12)C(=O)O. The van der Waals surface area contributed by atoms with Crippen molar-refractivity contribution in [2.24, 2.45) is 28.1 Å². The number of nitrogens with two attached hydrogens (primary N) is 3. The largest absolute Gasteiger partial charge is 0.480 e. The maximum absolute atomic E-state index is 13.5. The molecule has 0 radical (unpaired) electrons. The van der Waals surface area contributed by atoms with Crippen molar-refractivity contribution in [2.45, 2.75) is 70.1 Å². The minimum atomic E-state index is -1.18. The van der Waals surface area contributed by atoms with Crippen molar-refractivity contribution in [3.05, 3.63) is 36.0 Å². The topological polar surface area (TPSA) is 222 Å². The quantitative estimate of drug-likeness (QED) is 0.0991. The number of hydrogen-bond acceptors (Lipinski definition) is 6. The van der Waals surface area contributed by atoms with E-state index < -0.39 is 47.9 Å². The van der Waals surface area contributed by atoms with Crippen LogP contribution < -0.4 is 27.8 Å². The first-order valence-corrected chi connectivity index (χ1v) is 13.5. The molecule has 4 unspecified atom stereocenters. The zero-order valence-corrected chi connectivity index (χ0v) is 22.9. The van der Waals surface area contributed by atoms with Crippen LogP contribution in [0.1, 0.15) is 45.1 Å². The lowest BCUT2D eigenvalue weighted by molar-refractivity contribution is -0.145. The van der Waals surface area contributed by atoms with E-state index in [4.69, 9.17) is 17.2 Å². The van der Waals surface area contributed by atoms with Gasteiger partial charge < -0.3 is 42.8 Å². The normalized spacial score (nSPS) is 17.3. The van der Waals surface area contributed by atoms with Gasteiger partial charge in [-0.2, -0.15) is 0 Å². The average molecular weight is 557 g/mol. The molecule has 2 heterocycles. The van der Waals surface area contributed by atoms with Crippen LogP contribution in [0.15, 0.2) is 35.5 Å². The van der Waals surface area contributed by atoms with Crippen LogP contribution in [0.5, 0.6) is 0 Å². The Morgan fingerprint density at radius 3 is 2.58 bits per heavy atom. The Kier molecular flexibility index (Phi) is 10.5. The summed E-state index contributed by atoms with van der Waals surface area (Å²) in [5.74, 6) is -2.92. The fourth-order valence-electron chi connectivity index (χ4n) is 4.89. The maximum Gasteiger partial charge on any atom is 0.326 e. The Balaban J connectivity index is 1.65. The predicted molar refractivity (Wildman–Crippen MR) is 151 cm³/mol. The van der Waals surface area contributed by atoms with E-state index in [9.17, 15) is 24.3 Å². The number of guanidine groups is 1. The standard InChI is InChI=1S/C27H40N8O5/c1-15(2)22(34-23(36)18(28)8-5-11-31-27(29)30)25(38)35-12-6-10-21(35)24(37)33-20(26(39)40)13-16-14-32-19-9-4-3-7-17(16)19/h3-4,7,9,14-15,18,20-22,32H,5-6,8,10-13,28H2,1-2H3,(H,33,37)(H,34,36)(H,39,40)(H4,29,30,31). The molecule has 1 saturated heterocycles. The number of nitrogens with zero attached hydrogens (tertiary/aromatic N) is 2. The molecule has 13 nitrogen and oxygen atoms in total. The number of para-hydroxylation sites is 1. The molecule has 40 heavy (non-hydrogen) atoms. The molecule has 3 amide bonds. The summed E-state index contributed by atoms with van der Waals surface area (Å²) in [6, 6.07) is 3.73. The van der Waals surface area contributed by atoms with Crippen LogP contribution in [0.25, 0.3) is 10.9 Å². The van der Waals surface area contributed by atoms with Gasteiger partial charge in [0.1, 0.15) is 18.1 Å². The van der Waals surface area contributed by atoms with Gasteiger partial charge in [-0.1, -0.05) is 32.0 Å². The number of aliphatic imine (C=N–C) groups is 1. The van der Waals surface area contributed by atoms with Gasteiger partial charge in [0.05, 0.1) is 6.04 Å². The smallest absolute Gasteiger partial charge is 0.326 e. The number of hydrogen-bond donors (Lipinski definition) is 7. The zero-order chi connectivity index (χ0) is 29.4. The molecule has 3 rings (SSSR count). The van der Waals surface area contributed by atoms with Gasteiger partial charge >= 0.3 is 5.97 Å². The fourth-order valence-corrected chi connectivity index (χ4v) is 4.89. The van der Waals surface area contributed by atoms with Gasteiger partial charge in [0.2, 0.25) is 17.7 Å². The molecule has 218 valence electrons. The highest BCUT2D eigenvalue weighted by Gasteiger charge is 2.40. The second-order valence-electron chi connectivity index (χ2n) is 10.4. The van der Waals surface area contributed by atoms with Crippen molar-refractivity contribution in [1.82, 2.24) is 20.5 Å². The van der Waals surface area contributed by atoms with Gasteiger partial charge in [-0.25, -0.2) is 4.79 Å². The van der Waals surface area contributed by atoms with E-state index >= 15 is 0 Å². The monoisotopic (exact) mass is 556 g/mol. The molecule has 0 aliphatic carbocycles. The third-order valence-electron chi connectivity index (χ3n) is 7.09. The van der Waals surface area contributed by atoms with E-state index in [0.717, 1.165) is 16.5 Å². The van der Waals surface area contributed by atoms with Crippen LogP contribution in [0.4, 0.5) is 0 Å². The van der Waals surface area contributed by atoms with Crippen molar-refractivity contribution in [3.63, 3.8) is 0 Å². The number of carboxylic acids is 1.